The SMILES string of the molecule is NC(Cc1c(F)ccc(Br)c1F)CC1CCSCC1. The molecule has 1 heterocycles. The molecule has 0 aliphatic carbocycles. The molecule has 1 aliphatic rings. The van der Waals surface area contributed by atoms with Gasteiger partial charge < -0.3 is 5.73 Å². The summed E-state index contributed by atoms with van der Waals surface area (Å²) in [5.41, 5.74) is 6.17. The standard InChI is InChI=1S/C14H18BrF2NS/c15-12-1-2-13(16)11(14(12)17)8-10(18)7-9-3-5-19-6-4-9/h1-2,9-10H,3-8,18H2. The minimum absolute atomic E-state index is 0.104. The topological polar surface area (TPSA) is 26.0 Å². The lowest BCUT2D eigenvalue weighted by Crippen LogP contribution is -2.28. The molecule has 1 aromatic carbocycles. The minimum Gasteiger partial charge on any atom is -0.327 e. The number of nitrogens with two attached hydrogens (primary N) is 1. The summed E-state index contributed by atoms with van der Waals surface area (Å²) >= 11 is 5.05. The van der Waals surface area contributed by atoms with E-state index in [1.54, 1.807) is 0 Å². The van der Waals surface area contributed by atoms with E-state index in [1.807, 2.05) is 11.8 Å². The average Bonchev–Trinajstić information content (AvgIpc) is 2.40. The van der Waals surface area contributed by atoms with Crippen LogP contribution in [0.5, 0.6) is 0 Å². The van der Waals surface area contributed by atoms with E-state index >= 15 is 0 Å². The summed E-state index contributed by atoms with van der Waals surface area (Å²) in [5, 5.41) is 0. The normalized spacial score (nSPS) is 18.5. The summed E-state index contributed by atoms with van der Waals surface area (Å²) in [4.78, 5) is 0. The van der Waals surface area contributed by atoms with Crippen molar-refractivity contribution in [3.63, 3.8) is 0 Å². The van der Waals surface area contributed by atoms with E-state index in [2.05, 4.69) is 15.9 Å². The fraction of sp³-hybridized carbons (Fsp3) is 0.571. The Hall–Kier alpha value is -0.130. The zero-order chi connectivity index (χ0) is 13.8. The minimum atomic E-state index is -0.519. The third kappa shape index (κ3) is 4.17. The van der Waals surface area contributed by atoms with Crippen molar-refractivity contribution in [3.05, 3.63) is 33.8 Å². The molecule has 0 bridgehead atoms. The van der Waals surface area contributed by atoms with Crippen molar-refractivity contribution in [2.75, 3.05) is 11.5 Å². The summed E-state index contributed by atoms with van der Waals surface area (Å²) in [6.07, 6.45) is 3.45. The summed E-state index contributed by atoms with van der Waals surface area (Å²) < 4.78 is 27.8. The zero-order valence-corrected chi connectivity index (χ0v) is 13.1. The fourth-order valence-electron chi connectivity index (χ4n) is 2.51. The Morgan fingerprint density at radius 3 is 2.68 bits per heavy atom. The molecular formula is C14H18BrF2NS. The number of benzene rings is 1. The van der Waals surface area contributed by atoms with Crippen LogP contribution in [0.2, 0.25) is 0 Å². The van der Waals surface area contributed by atoms with Crippen molar-refractivity contribution >= 4 is 27.7 Å². The number of halogens is 3. The number of thioether (sulfide) groups is 1. The lowest BCUT2D eigenvalue weighted by atomic mass is 9.91. The Balaban J connectivity index is 1.98. The highest BCUT2D eigenvalue weighted by atomic mass is 79.9. The van der Waals surface area contributed by atoms with Crippen LogP contribution >= 0.6 is 27.7 Å². The van der Waals surface area contributed by atoms with Gasteiger partial charge in [-0.1, -0.05) is 0 Å². The Morgan fingerprint density at radius 2 is 2.00 bits per heavy atom. The van der Waals surface area contributed by atoms with Crippen LogP contribution in [0.4, 0.5) is 8.78 Å². The molecule has 2 N–H and O–H groups in total. The van der Waals surface area contributed by atoms with Gasteiger partial charge in [0.05, 0.1) is 4.47 Å². The van der Waals surface area contributed by atoms with Crippen LogP contribution in [-0.4, -0.2) is 17.5 Å². The van der Waals surface area contributed by atoms with Gasteiger partial charge in [-0.05, 0) is 71.2 Å². The van der Waals surface area contributed by atoms with E-state index in [1.165, 1.54) is 36.5 Å². The quantitative estimate of drug-likeness (QED) is 0.827. The molecular weight excluding hydrogens is 332 g/mol. The number of hydrogen-bond donors (Lipinski definition) is 1. The van der Waals surface area contributed by atoms with E-state index in [0.29, 0.717) is 10.4 Å². The van der Waals surface area contributed by atoms with E-state index in [-0.39, 0.29) is 18.0 Å². The molecule has 0 saturated carbocycles. The molecule has 1 atom stereocenters. The van der Waals surface area contributed by atoms with Crippen molar-refractivity contribution in [1.29, 1.82) is 0 Å². The van der Waals surface area contributed by atoms with Gasteiger partial charge in [-0.3, -0.25) is 0 Å². The first-order valence-corrected chi connectivity index (χ1v) is 8.48. The summed E-state index contributed by atoms with van der Waals surface area (Å²) in [5.74, 6) is 1.94. The molecule has 5 heteroatoms. The van der Waals surface area contributed by atoms with Crippen molar-refractivity contribution < 1.29 is 8.78 Å². The molecule has 1 aromatic rings. The first kappa shape index (κ1) is 15.3. The van der Waals surface area contributed by atoms with Crippen LogP contribution in [0.1, 0.15) is 24.8 Å². The van der Waals surface area contributed by atoms with E-state index in [9.17, 15) is 8.78 Å². The second-order valence-electron chi connectivity index (χ2n) is 5.08. The van der Waals surface area contributed by atoms with Gasteiger partial charge in [0, 0.05) is 11.6 Å². The molecule has 19 heavy (non-hydrogen) atoms. The van der Waals surface area contributed by atoms with E-state index in [4.69, 9.17) is 5.73 Å². The second-order valence-corrected chi connectivity index (χ2v) is 7.16. The first-order valence-electron chi connectivity index (χ1n) is 6.53. The molecule has 1 nitrogen and oxygen atoms in total. The lowest BCUT2D eigenvalue weighted by Gasteiger charge is -2.24. The van der Waals surface area contributed by atoms with E-state index in [0.717, 1.165) is 6.42 Å². The first-order chi connectivity index (χ1) is 9.08. The van der Waals surface area contributed by atoms with Crippen molar-refractivity contribution in [2.45, 2.75) is 31.7 Å². The molecule has 0 spiro atoms. The second kappa shape index (κ2) is 7.04. The van der Waals surface area contributed by atoms with Gasteiger partial charge in [0.15, 0.2) is 0 Å². The zero-order valence-electron chi connectivity index (χ0n) is 10.7. The Bertz CT molecular complexity index is 436. The lowest BCUT2D eigenvalue weighted by molar-refractivity contribution is 0.399. The van der Waals surface area contributed by atoms with Gasteiger partial charge in [-0.25, -0.2) is 8.78 Å². The summed E-state index contributed by atoms with van der Waals surface area (Å²) in [6, 6.07) is 2.50. The third-order valence-electron chi connectivity index (χ3n) is 3.58. The molecule has 1 fully saturated rings. The van der Waals surface area contributed by atoms with E-state index < -0.39 is 11.6 Å². The van der Waals surface area contributed by atoms with Crippen LogP contribution in [0.15, 0.2) is 16.6 Å². The monoisotopic (exact) mass is 349 g/mol. The molecule has 1 unspecified atom stereocenters. The fourth-order valence-corrected chi connectivity index (χ4v) is 4.09. The maximum absolute atomic E-state index is 13.9. The van der Waals surface area contributed by atoms with Crippen LogP contribution in [0.25, 0.3) is 0 Å². The molecule has 1 aliphatic heterocycles. The number of rotatable bonds is 4. The van der Waals surface area contributed by atoms with Gasteiger partial charge in [0.1, 0.15) is 11.6 Å². The predicted octanol–water partition coefficient (Wildman–Crippen LogP) is 4.13. The smallest absolute Gasteiger partial charge is 0.143 e. The average molecular weight is 350 g/mol. The maximum Gasteiger partial charge on any atom is 0.143 e. The molecule has 2 rings (SSSR count). The van der Waals surface area contributed by atoms with Crippen molar-refractivity contribution in [3.8, 4) is 0 Å². The number of hydrogen-bond acceptors (Lipinski definition) is 2. The van der Waals surface area contributed by atoms with Crippen LogP contribution in [-0.2, 0) is 6.42 Å². The summed E-state index contributed by atoms with van der Waals surface area (Å²) in [6.45, 7) is 0. The van der Waals surface area contributed by atoms with Crippen molar-refractivity contribution in [2.24, 2.45) is 11.7 Å². The Kier molecular flexibility index (Phi) is 5.66. The molecule has 1 saturated heterocycles. The van der Waals surface area contributed by atoms with Gasteiger partial charge in [0.2, 0.25) is 0 Å². The Morgan fingerprint density at radius 1 is 1.32 bits per heavy atom. The van der Waals surface area contributed by atoms with Gasteiger partial charge >= 0.3 is 0 Å². The third-order valence-corrected chi connectivity index (χ3v) is 5.24. The highest BCUT2D eigenvalue weighted by Crippen LogP contribution is 2.28. The van der Waals surface area contributed by atoms with Gasteiger partial charge in [0.25, 0.3) is 0 Å². The molecule has 0 aromatic heterocycles. The summed E-state index contributed by atoms with van der Waals surface area (Å²) in [7, 11) is 0. The van der Waals surface area contributed by atoms with Crippen LogP contribution in [0.3, 0.4) is 0 Å². The van der Waals surface area contributed by atoms with Crippen molar-refractivity contribution in [1.82, 2.24) is 0 Å². The molecule has 0 amide bonds. The largest absolute Gasteiger partial charge is 0.327 e. The van der Waals surface area contributed by atoms with Gasteiger partial charge in [-0.15, -0.1) is 0 Å². The highest BCUT2D eigenvalue weighted by Gasteiger charge is 2.20. The van der Waals surface area contributed by atoms with Crippen LogP contribution in [0, 0.1) is 17.6 Å². The maximum atomic E-state index is 13.9. The van der Waals surface area contributed by atoms with Crippen LogP contribution < -0.4 is 5.73 Å². The highest BCUT2D eigenvalue weighted by molar-refractivity contribution is 9.10. The Labute approximate surface area is 125 Å². The predicted molar refractivity (Wildman–Crippen MR) is 80.4 cm³/mol. The molecule has 0 radical (unpaired) electrons. The van der Waals surface area contributed by atoms with Gasteiger partial charge in [-0.2, -0.15) is 11.8 Å². The molecule has 106 valence electrons.